The first-order valence-electron chi connectivity index (χ1n) is 11.1. The van der Waals surface area contributed by atoms with Crippen molar-refractivity contribution in [1.82, 2.24) is 0 Å². The number of hydrogen-bond acceptors (Lipinski definition) is 5. The Morgan fingerprint density at radius 2 is 1.85 bits per heavy atom. The molecule has 0 saturated carbocycles. The van der Waals surface area contributed by atoms with Crippen LogP contribution in [0, 0.1) is 0 Å². The van der Waals surface area contributed by atoms with Crippen LogP contribution in [-0.2, 0) is 12.7 Å². The molecule has 4 rings (SSSR count). The van der Waals surface area contributed by atoms with Crippen molar-refractivity contribution in [1.29, 1.82) is 0 Å². The number of quaternary nitrogens is 1. The van der Waals surface area contributed by atoms with Crippen LogP contribution in [0.5, 0.6) is 17.2 Å². The third-order valence-electron chi connectivity index (χ3n) is 6.55. The molecule has 2 atom stereocenters. The van der Waals surface area contributed by atoms with Gasteiger partial charge in [-0.3, -0.25) is 4.79 Å². The van der Waals surface area contributed by atoms with E-state index in [-0.39, 0.29) is 46.2 Å². The molecule has 1 unspecified atom stereocenters. The number of hydrogen-bond donors (Lipinski definition) is 2. The number of phenolic OH excluding ortho intramolecular Hbond substituents is 1. The smallest absolute Gasteiger partial charge is 0.450 e. The number of piperidine rings is 1. The van der Waals surface area contributed by atoms with E-state index in [1.807, 2.05) is 0 Å². The zero-order chi connectivity index (χ0) is 24.6. The Bertz CT molecular complexity index is 1270. The van der Waals surface area contributed by atoms with Gasteiger partial charge >= 0.3 is 6.18 Å². The second-order valence-corrected chi connectivity index (χ2v) is 8.62. The van der Waals surface area contributed by atoms with Crippen LogP contribution in [0.3, 0.4) is 0 Å². The van der Waals surface area contributed by atoms with E-state index < -0.39 is 22.9 Å². The molecule has 182 valence electrons. The Morgan fingerprint density at radius 3 is 2.50 bits per heavy atom. The first kappa shape index (κ1) is 23.9. The SMILES string of the molecule is COc1ccc(-c2c(C(F)(F)F)oc3c(C[NH+]4CCCC[C@@H]4C)c(O)ccc3c2=O)cc1OC. The van der Waals surface area contributed by atoms with Crippen LogP contribution in [0.4, 0.5) is 13.2 Å². The monoisotopic (exact) mass is 478 g/mol. The van der Waals surface area contributed by atoms with Gasteiger partial charge in [-0.15, -0.1) is 0 Å². The van der Waals surface area contributed by atoms with Gasteiger partial charge < -0.3 is 23.9 Å². The van der Waals surface area contributed by atoms with Crippen molar-refractivity contribution < 1.29 is 37.1 Å². The first-order valence-corrected chi connectivity index (χ1v) is 11.1. The van der Waals surface area contributed by atoms with E-state index in [1.165, 1.54) is 44.6 Å². The lowest BCUT2D eigenvalue weighted by molar-refractivity contribution is -0.941. The number of aromatic hydroxyl groups is 1. The van der Waals surface area contributed by atoms with Crippen molar-refractivity contribution in [2.45, 2.75) is 44.9 Å². The van der Waals surface area contributed by atoms with E-state index in [2.05, 4.69) is 6.92 Å². The second kappa shape index (κ2) is 9.21. The number of nitrogens with one attached hydrogen (secondary N) is 1. The van der Waals surface area contributed by atoms with Gasteiger partial charge in [0, 0.05) is 0 Å². The number of phenols is 1. The molecule has 0 bridgehead atoms. The van der Waals surface area contributed by atoms with E-state index in [4.69, 9.17) is 13.9 Å². The van der Waals surface area contributed by atoms with Gasteiger partial charge in [0.2, 0.25) is 11.2 Å². The first-order chi connectivity index (χ1) is 16.2. The minimum absolute atomic E-state index is 0.00877. The molecule has 1 aromatic heterocycles. The minimum atomic E-state index is -4.94. The topological polar surface area (TPSA) is 73.3 Å². The van der Waals surface area contributed by atoms with Crippen molar-refractivity contribution in [3.63, 3.8) is 0 Å². The third-order valence-corrected chi connectivity index (χ3v) is 6.55. The van der Waals surface area contributed by atoms with Crippen molar-refractivity contribution in [2.24, 2.45) is 0 Å². The van der Waals surface area contributed by atoms with Crippen LogP contribution in [0.2, 0.25) is 0 Å². The fraction of sp³-hybridized carbons (Fsp3) is 0.400. The van der Waals surface area contributed by atoms with E-state index in [0.29, 0.717) is 5.75 Å². The van der Waals surface area contributed by atoms with Gasteiger partial charge in [0.15, 0.2) is 17.1 Å². The van der Waals surface area contributed by atoms with Gasteiger partial charge in [0.1, 0.15) is 12.3 Å². The molecule has 2 N–H and O–H groups in total. The van der Waals surface area contributed by atoms with Crippen molar-refractivity contribution >= 4 is 11.0 Å². The molecule has 2 aromatic carbocycles. The van der Waals surface area contributed by atoms with Crippen LogP contribution >= 0.6 is 0 Å². The molecule has 0 aliphatic carbocycles. The maximum absolute atomic E-state index is 14.2. The number of methoxy groups -OCH3 is 2. The van der Waals surface area contributed by atoms with Crippen LogP contribution in [0.1, 0.15) is 37.5 Å². The zero-order valence-electron chi connectivity index (χ0n) is 19.2. The van der Waals surface area contributed by atoms with Gasteiger partial charge in [0.25, 0.3) is 0 Å². The number of rotatable bonds is 5. The summed E-state index contributed by atoms with van der Waals surface area (Å²) in [5.41, 5.74) is -1.47. The maximum Gasteiger partial charge on any atom is 0.450 e. The standard InChI is InChI=1S/C25H26F3NO5/c1-14-6-4-5-11-29(14)13-17-18(30)9-8-16-22(31)21(24(25(26,27)28)34-23(16)17)15-7-10-19(32-2)20(12-15)33-3/h7-10,12,14,30H,4-6,11,13H2,1-3H3/p+1/t14-/m0/s1. The molecule has 1 aliphatic rings. The molecule has 6 nitrogen and oxygen atoms in total. The highest BCUT2D eigenvalue weighted by Crippen LogP contribution is 2.41. The second-order valence-electron chi connectivity index (χ2n) is 8.62. The lowest BCUT2D eigenvalue weighted by Crippen LogP contribution is -3.14. The van der Waals surface area contributed by atoms with Gasteiger partial charge in [-0.2, -0.15) is 13.2 Å². The summed E-state index contributed by atoms with van der Waals surface area (Å²) >= 11 is 0. The largest absolute Gasteiger partial charge is 0.507 e. The highest BCUT2D eigenvalue weighted by molar-refractivity contribution is 5.87. The Hall–Kier alpha value is -3.20. The molecule has 1 saturated heterocycles. The molecule has 3 aromatic rings. The molecule has 9 heteroatoms. The molecule has 34 heavy (non-hydrogen) atoms. The van der Waals surface area contributed by atoms with Crippen LogP contribution in [0.25, 0.3) is 22.1 Å². The molecule has 0 amide bonds. The van der Waals surface area contributed by atoms with Gasteiger partial charge in [-0.05, 0) is 56.0 Å². The summed E-state index contributed by atoms with van der Waals surface area (Å²) in [4.78, 5) is 14.6. The van der Waals surface area contributed by atoms with E-state index in [1.54, 1.807) is 0 Å². The van der Waals surface area contributed by atoms with E-state index in [0.717, 1.165) is 30.7 Å². The average molecular weight is 478 g/mol. The zero-order valence-corrected chi connectivity index (χ0v) is 19.2. The lowest BCUT2D eigenvalue weighted by Gasteiger charge is -2.30. The number of benzene rings is 2. The summed E-state index contributed by atoms with van der Waals surface area (Å²) in [6, 6.07) is 7.03. The highest BCUT2D eigenvalue weighted by atomic mass is 19.4. The third kappa shape index (κ3) is 4.32. The molecular formula is C25H27F3NO5+. The van der Waals surface area contributed by atoms with Crippen LogP contribution in [0.15, 0.2) is 39.5 Å². The summed E-state index contributed by atoms with van der Waals surface area (Å²) in [5.74, 6) is -1.10. The number of fused-ring (bicyclic) bond motifs is 1. The summed E-state index contributed by atoms with van der Waals surface area (Å²) in [6.45, 7) is 3.17. The number of ether oxygens (including phenoxy) is 2. The molecule has 1 fully saturated rings. The Labute approximate surface area is 194 Å². The summed E-state index contributed by atoms with van der Waals surface area (Å²) < 4.78 is 58.3. The quantitative estimate of drug-likeness (QED) is 0.576. The lowest BCUT2D eigenvalue weighted by atomic mass is 9.98. The molecule has 1 aliphatic heterocycles. The predicted octanol–water partition coefficient (Wildman–Crippen LogP) is 4.16. The normalized spacial score (nSPS) is 18.8. The fourth-order valence-electron chi connectivity index (χ4n) is 4.67. The Kier molecular flexibility index (Phi) is 6.49. The fourth-order valence-corrected chi connectivity index (χ4v) is 4.67. The minimum Gasteiger partial charge on any atom is -0.507 e. The van der Waals surface area contributed by atoms with Gasteiger partial charge in [-0.25, -0.2) is 0 Å². The molecular weight excluding hydrogens is 451 g/mol. The highest BCUT2D eigenvalue weighted by Gasteiger charge is 2.40. The van der Waals surface area contributed by atoms with Gasteiger partial charge in [-0.1, -0.05) is 6.07 Å². The van der Waals surface area contributed by atoms with Crippen molar-refractivity contribution in [3.8, 4) is 28.4 Å². The Balaban J connectivity index is 1.96. The summed E-state index contributed by atoms with van der Waals surface area (Å²) in [6.07, 6.45) is -1.87. The molecule has 0 radical (unpaired) electrons. The summed E-state index contributed by atoms with van der Waals surface area (Å²) in [7, 11) is 2.76. The average Bonchev–Trinajstić information content (AvgIpc) is 2.81. The summed E-state index contributed by atoms with van der Waals surface area (Å²) in [5, 5.41) is 10.5. The molecule has 0 spiro atoms. The van der Waals surface area contributed by atoms with E-state index in [9.17, 15) is 23.1 Å². The number of likely N-dealkylation sites (tertiary alicyclic amines) is 1. The predicted molar refractivity (Wildman–Crippen MR) is 121 cm³/mol. The van der Waals surface area contributed by atoms with Crippen molar-refractivity contribution in [3.05, 3.63) is 51.9 Å². The number of alkyl halides is 3. The van der Waals surface area contributed by atoms with Gasteiger partial charge in [0.05, 0.1) is 43.3 Å². The maximum atomic E-state index is 14.2. The van der Waals surface area contributed by atoms with Crippen LogP contribution in [-0.4, -0.2) is 31.9 Å². The van der Waals surface area contributed by atoms with Crippen molar-refractivity contribution in [2.75, 3.05) is 20.8 Å². The Morgan fingerprint density at radius 1 is 1.12 bits per heavy atom. The number of halogens is 3. The molecule has 2 heterocycles. The van der Waals surface area contributed by atoms with E-state index >= 15 is 0 Å². The van der Waals surface area contributed by atoms with Crippen LogP contribution < -0.4 is 19.8 Å².